The van der Waals surface area contributed by atoms with Gasteiger partial charge < -0.3 is 19.2 Å². The van der Waals surface area contributed by atoms with E-state index in [1.165, 1.54) is 0 Å². The quantitative estimate of drug-likeness (QED) is 0.446. The van der Waals surface area contributed by atoms with Gasteiger partial charge >= 0.3 is 0 Å². The van der Waals surface area contributed by atoms with Gasteiger partial charge in [0, 0.05) is 35.9 Å². The number of amides is 1. The first-order valence-corrected chi connectivity index (χ1v) is 10.2. The Hall–Kier alpha value is -3.54. The highest BCUT2D eigenvalue weighted by Gasteiger charge is 2.15. The molecule has 6 heteroatoms. The number of hydrogen-bond acceptors (Lipinski definition) is 5. The third kappa shape index (κ3) is 4.08. The molecule has 2 heterocycles. The maximum absolute atomic E-state index is 12.5. The van der Waals surface area contributed by atoms with E-state index in [1.54, 1.807) is 6.07 Å². The summed E-state index contributed by atoms with van der Waals surface area (Å²) in [5, 5.41) is 7.99. The minimum Gasteiger partial charge on any atom is -0.453 e. The number of anilines is 2. The first kappa shape index (κ1) is 19.8. The van der Waals surface area contributed by atoms with Crippen LogP contribution in [0.4, 0.5) is 11.4 Å². The number of rotatable bonds is 7. The molecule has 0 radical (unpaired) electrons. The van der Waals surface area contributed by atoms with Gasteiger partial charge in [-0.3, -0.25) is 4.79 Å². The Morgan fingerprint density at radius 2 is 1.83 bits per heavy atom. The fourth-order valence-corrected chi connectivity index (χ4v) is 3.55. The molecule has 0 saturated carbocycles. The molecule has 0 fully saturated rings. The molecule has 2 aromatic heterocycles. The highest BCUT2D eigenvalue weighted by molar-refractivity contribution is 5.93. The van der Waals surface area contributed by atoms with Crippen LogP contribution in [0.1, 0.15) is 25.1 Å². The predicted octanol–water partition coefficient (Wildman–Crippen LogP) is 5.42. The van der Waals surface area contributed by atoms with E-state index in [4.69, 9.17) is 8.94 Å². The van der Waals surface area contributed by atoms with Crippen LogP contribution in [-0.2, 0) is 11.2 Å². The highest BCUT2D eigenvalue weighted by Crippen LogP contribution is 2.28. The first-order valence-electron chi connectivity index (χ1n) is 10.2. The van der Waals surface area contributed by atoms with Crippen LogP contribution in [-0.4, -0.2) is 24.2 Å². The van der Waals surface area contributed by atoms with Crippen molar-refractivity contribution in [3.05, 3.63) is 65.9 Å². The van der Waals surface area contributed by atoms with Gasteiger partial charge in [0.1, 0.15) is 5.58 Å². The molecule has 0 unspecified atom stereocenters. The lowest BCUT2D eigenvalue weighted by molar-refractivity contribution is -0.115. The summed E-state index contributed by atoms with van der Waals surface area (Å²) in [6.45, 7) is 8.15. The third-order valence-corrected chi connectivity index (χ3v) is 5.18. The van der Waals surface area contributed by atoms with E-state index in [9.17, 15) is 4.79 Å². The summed E-state index contributed by atoms with van der Waals surface area (Å²) in [4.78, 5) is 14.8. The largest absolute Gasteiger partial charge is 0.453 e. The van der Waals surface area contributed by atoms with Crippen molar-refractivity contribution in [3.63, 3.8) is 0 Å². The molecule has 4 aromatic rings. The molecule has 0 saturated heterocycles. The van der Waals surface area contributed by atoms with Crippen LogP contribution in [0.15, 0.2) is 63.5 Å². The number of fused-ring (bicyclic) bond motifs is 1. The molecular formula is C24H25N3O3. The second-order valence-electron chi connectivity index (χ2n) is 7.23. The number of carbonyl (C=O) groups is 1. The summed E-state index contributed by atoms with van der Waals surface area (Å²) in [5.74, 6) is 0.963. The van der Waals surface area contributed by atoms with E-state index in [0.29, 0.717) is 17.2 Å². The Bertz CT molecular complexity index is 1140. The summed E-state index contributed by atoms with van der Waals surface area (Å²) < 4.78 is 11.2. The maximum atomic E-state index is 12.5. The van der Waals surface area contributed by atoms with Crippen molar-refractivity contribution in [2.45, 2.75) is 27.2 Å². The fraction of sp³-hybridized carbons (Fsp3) is 0.250. The van der Waals surface area contributed by atoms with Crippen LogP contribution in [0.25, 0.3) is 22.5 Å². The normalized spacial score (nSPS) is 11.0. The van der Waals surface area contributed by atoms with E-state index in [0.717, 1.165) is 41.0 Å². The lowest BCUT2D eigenvalue weighted by Gasteiger charge is -2.22. The SMILES string of the molecule is CCN(CC)c1ccc(NC(=O)Cc2cc(-c3cc4ccccc4o3)on2)c(C)c1. The highest BCUT2D eigenvalue weighted by atomic mass is 16.5. The summed E-state index contributed by atoms with van der Waals surface area (Å²) in [5.41, 5.74) is 4.32. The number of benzene rings is 2. The van der Waals surface area contributed by atoms with Crippen molar-refractivity contribution in [1.82, 2.24) is 5.16 Å². The molecule has 0 spiro atoms. The molecule has 2 aromatic carbocycles. The second-order valence-corrected chi connectivity index (χ2v) is 7.23. The molecule has 154 valence electrons. The van der Waals surface area contributed by atoms with Gasteiger partial charge in [0.05, 0.1) is 12.1 Å². The third-order valence-electron chi connectivity index (χ3n) is 5.18. The Balaban J connectivity index is 1.43. The van der Waals surface area contributed by atoms with Crippen molar-refractivity contribution in [2.75, 3.05) is 23.3 Å². The van der Waals surface area contributed by atoms with Gasteiger partial charge in [-0.05, 0) is 56.7 Å². The van der Waals surface area contributed by atoms with Gasteiger partial charge in [-0.2, -0.15) is 0 Å². The van der Waals surface area contributed by atoms with Crippen molar-refractivity contribution in [1.29, 1.82) is 0 Å². The molecule has 4 rings (SSSR count). The van der Waals surface area contributed by atoms with Gasteiger partial charge in [-0.25, -0.2) is 0 Å². The minimum atomic E-state index is -0.141. The Morgan fingerprint density at radius 1 is 1.03 bits per heavy atom. The van der Waals surface area contributed by atoms with Gasteiger partial charge in [0.25, 0.3) is 0 Å². The number of nitrogens with one attached hydrogen (secondary N) is 1. The molecule has 1 N–H and O–H groups in total. The Labute approximate surface area is 175 Å². The number of hydrogen-bond donors (Lipinski definition) is 1. The van der Waals surface area contributed by atoms with Gasteiger partial charge in [-0.1, -0.05) is 23.4 Å². The Kier molecular flexibility index (Phi) is 5.57. The molecule has 30 heavy (non-hydrogen) atoms. The van der Waals surface area contributed by atoms with E-state index >= 15 is 0 Å². The zero-order chi connectivity index (χ0) is 21.1. The lowest BCUT2D eigenvalue weighted by Crippen LogP contribution is -2.22. The number of aromatic nitrogens is 1. The van der Waals surface area contributed by atoms with Crippen LogP contribution in [0.5, 0.6) is 0 Å². The van der Waals surface area contributed by atoms with Gasteiger partial charge in [0.2, 0.25) is 11.7 Å². The average molecular weight is 403 g/mol. The average Bonchev–Trinajstić information content (AvgIpc) is 3.37. The van der Waals surface area contributed by atoms with E-state index < -0.39 is 0 Å². The molecule has 0 aliphatic carbocycles. The summed E-state index contributed by atoms with van der Waals surface area (Å²) >= 11 is 0. The smallest absolute Gasteiger partial charge is 0.230 e. The zero-order valence-electron chi connectivity index (χ0n) is 17.4. The minimum absolute atomic E-state index is 0.126. The molecule has 0 bridgehead atoms. The van der Waals surface area contributed by atoms with Crippen LogP contribution in [0.3, 0.4) is 0 Å². The zero-order valence-corrected chi connectivity index (χ0v) is 17.4. The number of nitrogens with zero attached hydrogens (tertiary/aromatic N) is 2. The topological polar surface area (TPSA) is 71.5 Å². The molecular weight excluding hydrogens is 378 g/mol. The van der Waals surface area contributed by atoms with Crippen molar-refractivity contribution >= 4 is 28.3 Å². The van der Waals surface area contributed by atoms with Gasteiger partial charge in [0.15, 0.2) is 5.76 Å². The van der Waals surface area contributed by atoms with E-state index in [-0.39, 0.29) is 12.3 Å². The van der Waals surface area contributed by atoms with Crippen LogP contribution < -0.4 is 10.2 Å². The number of aryl methyl sites for hydroxylation is 1. The van der Waals surface area contributed by atoms with E-state index in [1.807, 2.05) is 49.4 Å². The Morgan fingerprint density at radius 3 is 2.57 bits per heavy atom. The molecule has 0 atom stereocenters. The van der Waals surface area contributed by atoms with Crippen molar-refractivity contribution < 1.29 is 13.7 Å². The van der Waals surface area contributed by atoms with Crippen LogP contribution in [0.2, 0.25) is 0 Å². The standard InChI is InChI=1S/C24H25N3O3/c1-4-27(5-2)19-10-11-20(16(3)12-19)25-24(28)15-18-14-23(30-26-18)22-13-17-8-6-7-9-21(17)29-22/h6-14H,4-5,15H2,1-3H3,(H,25,28). The number of carbonyl (C=O) groups excluding carboxylic acids is 1. The second kappa shape index (κ2) is 8.45. The summed E-state index contributed by atoms with van der Waals surface area (Å²) in [7, 11) is 0. The molecule has 0 aliphatic rings. The van der Waals surface area contributed by atoms with Crippen LogP contribution >= 0.6 is 0 Å². The monoisotopic (exact) mass is 403 g/mol. The number of para-hydroxylation sites is 1. The summed E-state index contributed by atoms with van der Waals surface area (Å²) in [6.07, 6.45) is 0.126. The fourth-order valence-electron chi connectivity index (χ4n) is 3.55. The predicted molar refractivity (Wildman–Crippen MR) is 119 cm³/mol. The molecule has 6 nitrogen and oxygen atoms in total. The molecule has 1 amide bonds. The van der Waals surface area contributed by atoms with Crippen molar-refractivity contribution in [3.8, 4) is 11.5 Å². The van der Waals surface area contributed by atoms with Crippen LogP contribution in [0, 0.1) is 6.92 Å². The lowest BCUT2D eigenvalue weighted by atomic mass is 10.1. The summed E-state index contributed by atoms with van der Waals surface area (Å²) in [6, 6.07) is 17.5. The maximum Gasteiger partial charge on any atom is 0.230 e. The first-order chi connectivity index (χ1) is 14.6. The van der Waals surface area contributed by atoms with Crippen molar-refractivity contribution in [2.24, 2.45) is 0 Å². The molecule has 0 aliphatic heterocycles. The number of furan rings is 1. The van der Waals surface area contributed by atoms with E-state index in [2.05, 4.69) is 35.3 Å². The van der Waals surface area contributed by atoms with Gasteiger partial charge in [-0.15, -0.1) is 0 Å².